The lowest BCUT2D eigenvalue weighted by atomic mass is 9.80. The first-order valence-corrected chi connectivity index (χ1v) is 9.40. The molecular weight excluding hydrogens is 316 g/mol. The summed E-state index contributed by atoms with van der Waals surface area (Å²) in [6.45, 7) is 2.29. The first kappa shape index (κ1) is 17.9. The van der Waals surface area contributed by atoms with Crippen LogP contribution in [-0.4, -0.2) is 29.9 Å². The zero-order valence-corrected chi connectivity index (χ0v) is 15.2. The van der Waals surface area contributed by atoms with Gasteiger partial charge in [-0.1, -0.05) is 19.8 Å². The van der Waals surface area contributed by atoms with E-state index in [0.29, 0.717) is 30.4 Å². The molecule has 3 rings (SSSR count). The Kier molecular flexibility index (Phi) is 5.71. The average molecular weight is 344 g/mol. The lowest BCUT2D eigenvalue weighted by Gasteiger charge is -2.25. The molecule has 0 saturated heterocycles. The molecule has 5 nitrogen and oxygen atoms in total. The summed E-state index contributed by atoms with van der Waals surface area (Å²) in [5, 5.41) is 3.37. The topological polar surface area (TPSA) is 68.3 Å². The van der Waals surface area contributed by atoms with Crippen LogP contribution in [0.15, 0.2) is 12.3 Å². The smallest absolute Gasteiger partial charge is 0.339 e. The van der Waals surface area contributed by atoms with Gasteiger partial charge in [-0.2, -0.15) is 0 Å². The molecule has 1 N–H and O–H groups in total. The van der Waals surface area contributed by atoms with E-state index in [0.717, 1.165) is 43.0 Å². The van der Waals surface area contributed by atoms with E-state index in [9.17, 15) is 9.59 Å². The van der Waals surface area contributed by atoms with Gasteiger partial charge in [0.2, 0.25) is 0 Å². The Morgan fingerprint density at radius 2 is 1.92 bits per heavy atom. The van der Waals surface area contributed by atoms with Gasteiger partial charge in [-0.05, 0) is 43.6 Å². The molecule has 1 heterocycles. The summed E-state index contributed by atoms with van der Waals surface area (Å²) in [5.41, 5.74) is 1.21. The minimum atomic E-state index is -0.416. The number of pyridine rings is 1. The van der Waals surface area contributed by atoms with Crippen molar-refractivity contribution in [2.45, 2.75) is 64.3 Å². The number of carbonyl (C=O) groups excluding carboxylic acids is 2. The van der Waals surface area contributed by atoms with E-state index in [1.54, 1.807) is 6.07 Å². The fourth-order valence-corrected chi connectivity index (χ4v) is 3.57. The Balaban J connectivity index is 1.67. The van der Waals surface area contributed by atoms with Gasteiger partial charge in [0.05, 0.1) is 12.7 Å². The van der Waals surface area contributed by atoms with Crippen LogP contribution in [0.4, 0.5) is 5.82 Å². The van der Waals surface area contributed by atoms with Crippen molar-refractivity contribution in [2.24, 2.45) is 11.8 Å². The summed E-state index contributed by atoms with van der Waals surface area (Å²) in [6.07, 6.45) is 9.52. The third-order valence-corrected chi connectivity index (χ3v) is 5.35. The first-order chi connectivity index (χ1) is 12.0. The molecule has 0 unspecified atom stereocenters. The third kappa shape index (κ3) is 5.03. The monoisotopic (exact) mass is 344 g/mol. The fraction of sp³-hybridized carbons (Fsp3) is 0.650. The number of rotatable bonds is 7. The molecule has 2 fully saturated rings. The van der Waals surface area contributed by atoms with E-state index in [-0.39, 0.29) is 5.78 Å². The molecule has 0 radical (unpaired) electrons. The van der Waals surface area contributed by atoms with Gasteiger partial charge in [0.1, 0.15) is 11.6 Å². The Labute approximate surface area is 149 Å². The van der Waals surface area contributed by atoms with Gasteiger partial charge in [-0.3, -0.25) is 4.79 Å². The Morgan fingerprint density at radius 3 is 2.56 bits per heavy atom. The standard InChI is InChI=1S/C20H28N2O3/c1-13-3-5-14(6-4-13)9-18(23)11-15-10-16(20(24)25-2)12-21-19(15)22-17-7-8-17/h10,12-14,17H,3-9,11H2,1-2H3,(H,21,22). The molecule has 0 bridgehead atoms. The zero-order valence-electron chi connectivity index (χ0n) is 15.2. The van der Waals surface area contributed by atoms with E-state index in [1.165, 1.54) is 26.1 Å². The number of carbonyl (C=O) groups is 2. The predicted molar refractivity (Wildman–Crippen MR) is 96.7 cm³/mol. The van der Waals surface area contributed by atoms with Gasteiger partial charge in [-0.15, -0.1) is 0 Å². The molecule has 136 valence electrons. The first-order valence-electron chi connectivity index (χ1n) is 9.40. The second kappa shape index (κ2) is 7.98. The van der Waals surface area contributed by atoms with Crippen LogP contribution in [-0.2, 0) is 16.0 Å². The van der Waals surface area contributed by atoms with Crippen molar-refractivity contribution < 1.29 is 14.3 Å². The fourth-order valence-electron chi connectivity index (χ4n) is 3.57. The molecule has 1 aromatic heterocycles. The normalized spacial score (nSPS) is 23.1. The number of anilines is 1. The number of ketones is 1. The van der Waals surface area contributed by atoms with Crippen LogP contribution in [0.25, 0.3) is 0 Å². The van der Waals surface area contributed by atoms with Crippen LogP contribution in [0.5, 0.6) is 0 Å². The van der Waals surface area contributed by atoms with Crippen molar-refractivity contribution in [1.82, 2.24) is 4.98 Å². The number of Topliss-reactive ketones (excluding diaryl/α,β-unsaturated/α-hetero) is 1. The number of esters is 1. The van der Waals surface area contributed by atoms with Crippen LogP contribution >= 0.6 is 0 Å². The summed E-state index contributed by atoms with van der Waals surface area (Å²) >= 11 is 0. The van der Waals surface area contributed by atoms with Gasteiger partial charge in [-0.25, -0.2) is 9.78 Å². The molecule has 2 aliphatic carbocycles. The van der Waals surface area contributed by atoms with Crippen LogP contribution in [0, 0.1) is 11.8 Å². The van der Waals surface area contributed by atoms with Crippen LogP contribution in [0.1, 0.15) is 67.8 Å². The molecule has 2 saturated carbocycles. The molecule has 25 heavy (non-hydrogen) atoms. The molecule has 5 heteroatoms. The van der Waals surface area contributed by atoms with Crippen molar-refractivity contribution >= 4 is 17.6 Å². The number of aromatic nitrogens is 1. The summed E-state index contributed by atoms with van der Waals surface area (Å²) in [7, 11) is 1.35. The molecule has 2 aliphatic rings. The largest absolute Gasteiger partial charge is 0.465 e. The Morgan fingerprint density at radius 1 is 1.20 bits per heavy atom. The molecule has 0 amide bonds. The SMILES string of the molecule is COC(=O)c1cnc(NC2CC2)c(CC(=O)CC2CCC(C)CC2)c1. The van der Waals surface area contributed by atoms with Crippen molar-refractivity contribution in [3.63, 3.8) is 0 Å². The van der Waals surface area contributed by atoms with Gasteiger partial charge < -0.3 is 10.1 Å². The highest BCUT2D eigenvalue weighted by Gasteiger charge is 2.25. The van der Waals surface area contributed by atoms with Crippen molar-refractivity contribution in [3.05, 3.63) is 23.4 Å². The predicted octanol–water partition coefficient (Wildman–Crippen LogP) is 3.77. The summed E-state index contributed by atoms with van der Waals surface area (Å²) in [5.74, 6) is 1.87. The lowest BCUT2D eigenvalue weighted by Crippen LogP contribution is -2.18. The minimum absolute atomic E-state index is 0.238. The zero-order chi connectivity index (χ0) is 17.8. The highest BCUT2D eigenvalue weighted by molar-refractivity contribution is 5.90. The quantitative estimate of drug-likeness (QED) is 0.763. The van der Waals surface area contributed by atoms with Gasteiger partial charge >= 0.3 is 5.97 Å². The molecule has 1 aromatic rings. The van der Waals surface area contributed by atoms with Crippen molar-refractivity contribution in [3.8, 4) is 0 Å². The van der Waals surface area contributed by atoms with E-state index >= 15 is 0 Å². The third-order valence-electron chi connectivity index (χ3n) is 5.35. The number of hydrogen-bond acceptors (Lipinski definition) is 5. The van der Waals surface area contributed by atoms with E-state index in [2.05, 4.69) is 17.2 Å². The van der Waals surface area contributed by atoms with Crippen molar-refractivity contribution in [2.75, 3.05) is 12.4 Å². The second-order valence-electron chi connectivity index (χ2n) is 7.69. The highest BCUT2D eigenvalue weighted by Crippen LogP contribution is 2.31. The minimum Gasteiger partial charge on any atom is -0.465 e. The number of nitrogens with zero attached hydrogens (tertiary/aromatic N) is 1. The van der Waals surface area contributed by atoms with E-state index in [4.69, 9.17) is 4.74 Å². The second-order valence-corrected chi connectivity index (χ2v) is 7.69. The number of hydrogen-bond donors (Lipinski definition) is 1. The van der Waals surface area contributed by atoms with Gasteiger partial charge in [0.15, 0.2) is 0 Å². The maximum absolute atomic E-state index is 12.6. The van der Waals surface area contributed by atoms with Gasteiger partial charge in [0, 0.05) is 30.6 Å². The number of methoxy groups -OCH3 is 1. The number of ether oxygens (including phenoxy) is 1. The van der Waals surface area contributed by atoms with Crippen LogP contribution < -0.4 is 5.32 Å². The molecule has 0 aromatic carbocycles. The summed E-state index contributed by atoms with van der Waals surface area (Å²) < 4.78 is 4.78. The van der Waals surface area contributed by atoms with Crippen molar-refractivity contribution in [1.29, 1.82) is 0 Å². The molecular formula is C20H28N2O3. The van der Waals surface area contributed by atoms with Crippen LogP contribution in [0.2, 0.25) is 0 Å². The average Bonchev–Trinajstić information content (AvgIpc) is 3.42. The maximum atomic E-state index is 12.6. The Bertz CT molecular complexity index is 632. The summed E-state index contributed by atoms with van der Waals surface area (Å²) in [6, 6.07) is 2.20. The Hall–Kier alpha value is -1.91. The molecule has 0 atom stereocenters. The molecule has 0 aliphatic heterocycles. The summed E-state index contributed by atoms with van der Waals surface area (Å²) in [4.78, 5) is 28.7. The van der Waals surface area contributed by atoms with Crippen LogP contribution in [0.3, 0.4) is 0 Å². The number of nitrogens with one attached hydrogen (secondary N) is 1. The van der Waals surface area contributed by atoms with E-state index < -0.39 is 5.97 Å². The molecule has 0 spiro atoms. The highest BCUT2D eigenvalue weighted by atomic mass is 16.5. The van der Waals surface area contributed by atoms with E-state index in [1.807, 2.05) is 0 Å². The van der Waals surface area contributed by atoms with Gasteiger partial charge in [0.25, 0.3) is 0 Å². The maximum Gasteiger partial charge on any atom is 0.339 e. The lowest BCUT2D eigenvalue weighted by molar-refractivity contribution is -0.119.